The van der Waals surface area contributed by atoms with Crippen LogP contribution in [-0.2, 0) is 22.0 Å². The smallest absolute Gasteiger partial charge is 0.322 e. The Kier molecular flexibility index (Phi) is 6.71. The molecule has 0 saturated heterocycles. The number of nitrogens with zero attached hydrogens (tertiary/aromatic N) is 1. The summed E-state index contributed by atoms with van der Waals surface area (Å²) >= 11 is 0. The van der Waals surface area contributed by atoms with E-state index in [4.69, 9.17) is 0 Å². The summed E-state index contributed by atoms with van der Waals surface area (Å²) in [5.74, 6) is -0.257. The monoisotopic (exact) mass is 495 g/mol. The molecule has 0 unspecified atom stereocenters. The second-order valence-electron chi connectivity index (χ2n) is 9.20. The molecule has 0 fully saturated rings. The quantitative estimate of drug-likeness (QED) is 0.499. The number of hydrogen-bond donors (Lipinski definition) is 2. The van der Waals surface area contributed by atoms with Crippen LogP contribution in [0.3, 0.4) is 0 Å². The van der Waals surface area contributed by atoms with Gasteiger partial charge in [-0.2, -0.15) is 0 Å². The van der Waals surface area contributed by atoms with Crippen molar-refractivity contribution in [2.45, 2.75) is 44.0 Å². The van der Waals surface area contributed by atoms with E-state index in [0.29, 0.717) is 6.54 Å². The fourth-order valence-electron chi connectivity index (χ4n) is 4.55. The Morgan fingerprint density at radius 1 is 1.09 bits per heavy atom. The highest BCUT2D eigenvalue weighted by atomic mass is 32.2. The van der Waals surface area contributed by atoms with Crippen LogP contribution in [0.4, 0.5) is 14.9 Å². The maximum atomic E-state index is 13.6. The lowest BCUT2D eigenvalue weighted by atomic mass is 9.81. The summed E-state index contributed by atoms with van der Waals surface area (Å²) in [7, 11) is -2.14. The van der Waals surface area contributed by atoms with E-state index in [0.717, 1.165) is 39.9 Å². The Balaban J connectivity index is 1.55. The first-order chi connectivity index (χ1) is 16.6. The number of sulfonamides is 1. The van der Waals surface area contributed by atoms with Crippen LogP contribution < -0.4 is 14.9 Å². The summed E-state index contributed by atoms with van der Waals surface area (Å²) in [5, 5.41) is 2.96. The molecule has 3 aromatic carbocycles. The predicted octanol–water partition coefficient (Wildman–Crippen LogP) is 5.11. The molecule has 1 aliphatic heterocycles. The summed E-state index contributed by atoms with van der Waals surface area (Å²) in [6.45, 7) is 6.99. The molecular weight excluding hydrogens is 465 g/mol. The van der Waals surface area contributed by atoms with Crippen LogP contribution >= 0.6 is 0 Å². The maximum absolute atomic E-state index is 13.6. The fraction of sp³-hybridized carbons (Fsp3) is 0.296. The molecule has 1 atom stereocenters. The van der Waals surface area contributed by atoms with Crippen LogP contribution in [0.1, 0.15) is 37.0 Å². The molecule has 0 radical (unpaired) electrons. The van der Waals surface area contributed by atoms with Crippen molar-refractivity contribution in [2.75, 3.05) is 18.5 Å². The summed E-state index contributed by atoms with van der Waals surface area (Å²) in [6, 6.07) is 17.1. The molecule has 4 rings (SSSR count). The second kappa shape index (κ2) is 9.43. The predicted molar refractivity (Wildman–Crippen MR) is 136 cm³/mol. The molecule has 35 heavy (non-hydrogen) atoms. The Labute approximate surface area is 206 Å². The van der Waals surface area contributed by atoms with E-state index >= 15 is 0 Å². The molecule has 2 amide bonds. The van der Waals surface area contributed by atoms with Gasteiger partial charge >= 0.3 is 6.03 Å². The number of halogens is 1. The van der Waals surface area contributed by atoms with Crippen LogP contribution in [-0.4, -0.2) is 28.0 Å². The first kappa shape index (κ1) is 24.9. The van der Waals surface area contributed by atoms with E-state index in [9.17, 15) is 17.6 Å². The Bertz CT molecular complexity index is 1370. The Hall–Kier alpha value is -3.23. The third kappa shape index (κ3) is 4.81. The van der Waals surface area contributed by atoms with Crippen LogP contribution in [0.15, 0.2) is 65.6 Å². The highest BCUT2D eigenvalue weighted by Crippen LogP contribution is 2.44. The lowest BCUT2D eigenvalue weighted by molar-refractivity contribution is 0.245. The number of carbonyl (C=O) groups excluding carboxylic acids is 1. The zero-order valence-electron chi connectivity index (χ0n) is 20.4. The van der Waals surface area contributed by atoms with Gasteiger partial charge in [-0.15, -0.1) is 0 Å². The average Bonchev–Trinajstić information content (AvgIpc) is 3.15. The number of carbonyl (C=O) groups is 1. The van der Waals surface area contributed by atoms with Gasteiger partial charge in [0, 0.05) is 24.2 Å². The summed E-state index contributed by atoms with van der Waals surface area (Å²) in [5.41, 5.74) is 5.39. The molecule has 3 aromatic rings. The number of benzene rings is 3. The van der Waals surface area contributed by atoms with Crippen LogP contribution in [0.2, 0.25) is 0 Å². The van der Waals surface area contributed by atoms with Crippen molar-refractivity contribution < 1.29 is 17.6 Å². The van der Waals surface area contributed by atoms with Crippen LogP contribution in [0, 0.1) is 12.7 Å². The van der Waals surface area contributed by atoms with E-state index in [-0.39, 0.29) is 28.7 Å². The first-order valence-corrected chi connectivity index (χ1v) is 13.1. The molecule has 0 saturated carbocycles. The van der Waals surface area contributed by atoms with Crippen molar-refractivity contribution in [3.8, 4) is 11.1 Å². The summed E-state index contributed by atoms with van der Waals surface area (Å²) in [4.78, 5) is 15.1. The molecule has 6 nitrogen and oxygen atoms in total. The summed E-state index contributed by atoms with van der Waals surface area (Å²) in [6.07, 6.45) is 0.858. The minimum atomic E-state index is -3.50. The highest BCUT2D eigenvalue weighted by Gasteiger charge is 2.40. The normalized spacial score (nSPS) is 17.3. The van der Waals surface area contributed by atoms with E-state index in [1.165, 1.54) is 31.3 Å². The molecule has 184 valence electrons. The van der Waals surface area contributed by atoms with Gasteiger partial charge in [0.25, 0.3) is 0 Å². The number of aryl methyl sites for hydroxylation is 1. The zero-order chi connectivity index (χ0) is 25.4. The number of fused-ring (bicyclic) bond motifs is 1. The van der Waals surface area contributed by atoms with Gasteiger partial charge in [0.15, 0.2) is 0 Å². The van der Waals surface area contributed by atoms with Gasteiger partial charge in [-0.05, 0) is 84.6 Å². The minimum Gasteiger partial charge on any atom is -0.334 e. The minimum absolute atomic E-state index is 0.175. The number of amides is 2. The maximum Gasteiger partial charge on any atom is 0.322 e. The van der Waals surface area contributed by atoms with E-state index < -0.39 is 10.0 Å². The third-order valence-electron chi connectivity index (χ3n) is 6.92. The van der Waals surface area contributed by atoms with E-state index in [2.05, 4.69) is 30.0 Å². The van der Waals surface area contributed by atoms with Gasteiger partial charge in [-0.25, -0.2) is 22.3 Å². The first-order valence-electron chi connectivity index (χ1n) is 11.6. The zero-order valence-corrected chi connectivity index (χ0v) is 21.2. The van der Waals surface area contributed by atoms with Crippen molar-refractivity contribution in [1.29, 1.82) is 0 Å². The van der Waals surface area contributed by atoms with Crippen molar-refractivity contribution in [3.05, 3.63) is 83.2 Å². The lowest BCUT2D eigenvalue weighted by Crippen LogP contribution is -2.41. The molecule has 0 bridgehead atoms. The van der Waals surface area contributed by atoms with Crippen LogP contribution in [0.25, 0.3) is 11.1 Å². The van der Waals surface area contributed by atoms with Crippen molar-refractivity contribution in [3.63, 3.8) is 0 Å². The lowest BCUT2D eigenvalue weighted by Gasteiger charge is -2.24. The van der Waals surface area contributed by atoms with Gasteiger partial charge in [-0.3, -0.25) is 4.90 Å². The van der Waals surface area contributed by atoms with Gasteiger partial charge in [-0.1, -0.05) is 38.1 Å². The largest absolute Gasteiger partial charge is 0.334 e. The highest BCUT2D eigenvalue weighted by molar-refractivity contribution is 7.89. The number of nitrogens with one attached hydrogen (secondary N) is 2. The molecule has 8 heteroatoms. The van der Waals surface area contributed by atoms with Gasteiger partial charge in [0.05, 0.1) is 4.90 Å². The SMILES string of the molecule is CC[C@@]1(C)CN(C(=O)NCc2ccc(S(=O)(=O)NC)cc2)c2ccc(-c3ccc(F)cc3C)cc21. The number of urea groups is 1. The fourth-order valence-corrected chi connectivity index (χ4v) is 5.28. The van der Waals surface area contributed by atoms with Crippen molar-refractivity contribution in [1.82, 2.24) is 10.0 Å². The average molecular weight is 496 g/mol. The molecule has 1 heterocycles. The van der Waals surface area contributed by atoms with E-state index in [1.807, 2.05) is 19.1 Å². The number of rotatable bonds is 6. The molecule has 0 spiro atoms. The van der Waals surface area contributed by atoms with Crippen molar-refractivity contribution >= 4 is 21.7 Å². The Morgan fingerprint density at radius 3 is 2.43 bits per heavy atom. The number of hydrogen-bond acceptors (Lipinski definition) is 3. The molecular formula is C27H30FN3O3S. The third-order valence-corrected chi connectivity index (χ3v) is 8.35. The molecule has 0 aromatic heterocycles. The second-order valence-corrected chi connectivity index (χ2v) is 11.1. The van der Waals surface area contributed by atoms with Crippen LogP contribution in [0.5, 0.6) is 0 Å². The topological polar surface area (TPSA) is 78.5 Å². The summed E-state index contributed by atoms with van der Waals surface area (Å²) < 4.78 is 39.7. The van der Waals surface area contributed by atoms with Gasteiger partial charge < -0.3 is 5.32 Å². The van der Waals surface area contributed by atoms with Crippen molar-refractivity contribution in [2.24, 2.45) is 0 Å². The van der Waals surface area contributed by atoms with E-state index in [1.54, 1.807) is 23.1 Å². The Morgan fingerprint density at radius 2 is 1.80 bits per heavy atom. The standard InChI is InChI=1S/C27H30FN3O3S/c1-5-27(3)17-31(26(32)30-16-19-6-10-22(11-7-19)35(33,34)29-4)25-13-8-20(15-24(25)27)23-12-9-21(28)14-18(23)2/h6-15,29H,5,16-17H2,1-4H3,(H,30,32)/t27-/m0/s1. The number of anilines is 1. The van der Waals surface area contributed by atoms with Gasteiger partial charge in [0.2, 0.25) is 10.0 Å². The molecule has 0 aliphatic carbocycles. The molecule has 1 aliphatic rings. The molecule has 2 N–H and O–H groups in total. The van der Waals surface area contributed by atoms with Gasteiger partial charge in [0.1, 0.15) is 5.82 Å².